The van der Waals surface area contributed by atoms with Crippen molar-refractivity contribution in [2.75, 3.05) is 19.5 Å². The monoisotopic (exact) mass is 352 g/mol. The fourth-order valence-electron chi connectivity index (χ4n) is 2.25. The fraction of sp³-hybridized carbons (Fsp3) is 0.471. The van der Waals surface area contributed by atoms with Gasteiger partial charge >= 0.3 is 0 Å². The van der Waals surface area contributed by atoms with Gasteiger partial charge in [-0.25, -0.2) is 0 Å². The molecule has 0 aliphatic heterocycles. The second kappa shape index (κ2) is 8.84. The van der Waals surface area contributed by atoms with Gasteiger partial charge in [-0.2, -0.15) is 13.5 Å². The molecule has 0 saturated heterocycles. The number of aromatic nitrogens is 2. The molecule has 0 N–H and O–H groups in total. The first-order chi connectivity index (χ1) is 11.5. The Balaban J connectivity index is 1.75. The molecule has 0 atom stereocenters. The van der Waals surface area contributed by atoms with Crippen molar-refractivity contribution in [1.29, 1.82) is 0 Å². The van der Waals surface area contributed by atoms with E-state index in [0.717, 1.165) is 31.4 Å². The molecular formula is C17H24N2O4S. The number of nitrogens with zero attached hydrogens (tertiary/aromatic N) is 2. The van der Waals surface area contributed by atoms with Gasteiger partial charge in [0.2, 0.25) is 0 Å². The van der Waals surface area contributed by atoms with Crippen LogP contribution in [0.3, 0.4) is 0 Å². The van der Waals surface area contributed by atoms with Gasteiger partial charge in [0.1, 0.15) is 5.75 Å². The predicted molar refractivity (Wildman–Crippen MR) is 92.7 cm³/mol. The van der Waals surface area contributed by atoms with Gasteiger partial charge in [-0.05, 0) is 29.7 Å². The normalized spacial score (nSPS) is 11.6. The number of benzene rings is 1. The van der Waals surface area contributed by atoms with Crippen LogP contribution < -0.4 is 4.74 Å². The maximum atomic E-state index is 10.8. The van der Waals surface area contributed by atoms with E-state index >= 15 is 0 Å². The van der Waals surface area contributed by atoms with E-state index in [4.69, 9.17) is 4.74 Å². The minimum Gasteiger partial charge on any atom is -0.494 e. The van der Waals surface area contributed by atoms with Crippen LogP contribution in [-0.2, 0) is 27.3 Å². The quantitative estimate of drug-likeness (QED) is 0.486. The van der Waals surface area contributed by atoms with Crippen molar-refractivity contribution in [3.05, 3.63) is 47.8 Å². The van der Waals surface area contributed by atoms with Gasteiger partial charge < -0.3 is 4.74 Å². The minimum absolute atomic E-state index is 0.138. The zero-order chi connectivity index (χ0) is 17.4. The number of ether oxygens (including phenoxy) is 1. The van der Waals surface area contributed by atoms with Crippen molar-refractivity contribution in [2.45, 2.75) is 32.7 Å². The van der Waals surface area contributed by atoms with Gasteiger partial charge in [-0.3, -0.25) is 8.86 Å². The van der Waals surface area contributed by atoms with E-state index in [-0.39, 0.29) is 6.61 Å². The van der Waals surface area contributed by atoms with Crippen LogP contribution in [0.5, 0.6) is 5.75 Å². The summed E-state index contributed by atoms with van der Waals surface area (Å²) >= 11 is 0. The SMILES string of the molecule is CCCn1cc(Cc2ccc(OCCCOS(C)(=O)=O)cc2)cn1. The number of hydrogen-bond donors (Lipinski definition) is 0. The molecule has 0 fully saturated rings. The maximum Gasteiger partial charge on any atom is 0.264 e. The molecule has 2 rings (SSSR count). The highest BCUT2D eigenvalue weighted by Crippen LogP contribution is 2.15. The van der Waals surface area contributed by atoms with E-state index < -0.39 is 10.1 Å². The third-order valence-corrected chi connectivity index (χ3v) is 3.92. The van der Waals surface area contributed by atoms with Crippen LogP contribution in [0.15, 0.2) is 36.7 Å². The Labute approximate surface area is 143 Å². The van der Waals surface area contributed by atoms with Gasteiger partial charge in [0, 0.05) is 25.6 Å². The van der Waals surface area contributed by atoms with Gasteiger partial charge in [0.05, 0.1) is 25.7 Å². The molecule has 0 bridgehead atoms. The molecule has 7 heteroatoms. The molecule has 1 aromatic heterocycles. The molecule has 0 amide bonds. The third-order valence-electron chi connectivity index (χ3n) is 3.33. The smallest absolute Gasteiger partial charge is 0.264 e. The van der Waals surface area contributed by atoms with Crippen LogP contribution >= 0.6 is 0 Å². The first-order valence-corrected chi connectivity index (χ1v) is 9.85. The largest absolute Gasteiger partial charge is 0.494 e. The molecule has 132 valence electrons. The highest BCUT2D eigenvalue weighted by Gasteiger charge is 2.03. The Morgan fingerprint density at radius 3 is 2.54 bits per heavy atom. The van der Waals surface area contributed by atoms with Crippen molar-refractivity contribution < 1.29 is 17.3 Å². The van der Waals surface area contributed by atoms with Crippen molar-refractivity contribution in [3.63, 3.8) is 0 Å². The number of aryl methyl sites for hydroxylation is 1. The zero-order valence-electron chi connectivity index (χ0n) is 14.1. The van der Waals surface area contributed by atoms with Crippen molar-refractivity contribution in [1.82, 2.24) is 9.78 Å². The third kappa shape index (κ3) is 6.72. The minimum atomic E-state index is -3.37. The first kappa shape index (κ1) is 18.5. The summed E-state index contributed by atoms with van der Waals surface area (Å²) in [5, 5.41) is 4.33. The Bertz CT molecular complexity index is 723. The lowest BCUT2D eigenvalue weighted by Gasteiger charge is -2.07. The molecule has 0 saturated carbocycles. The van der Waals surface area contributed by atoms with Gasteiger partial charge in [-0.1, -0.05) is 19.1 Å². The zero-order valence-corrected chi connectivity index (χ0v) is 15.0. The second-order valence-electron chi connectivity index (χ2n) is 5.66. The van der Waals surface area contributed by atoms with Gasteiger partial charge in [-0.15, -0.1) is 0 Å². The summed E-state index contributed by atoms with van der Waals surface area (Å²) in [4.78, 5) is 0. The second-order valence-corrected chi connectivity index (χ2v) is 7.30. The molecule has 0 unspecified atom stereocenters. The molecular weight excluding hydrogens is 328 g/mol. The average molecular weight is 352 g/mol. The summed E-state index contributed by atoms with van der Waals surface area (Å²) in [6, 6.07) is 7.89. The lowest BCUT2D eigenvalue weighted by molar-refractivity contribution is 0.252. The topological polar surface area (TPSA) is 70.4 Å². The molecule has 0 aliphatic carbocycles. The van der Waals surface area contributed by atoms with E-state index in [9.17, 15) is 8.42 Å². The molecule has 0 radical (unpaired) electrons. The molecule has 1 heterocycles. The fourth-order valence-corrected chi connectivity index (χ4v) is 2.67. The lowest BCUT2D eigenvalue weighted by atomic mass is 10.1. The van der Waals surface area contributed by atoms with Crippen LogP contribution in [-0.4, -0.2) is 37.7 Å². The van der Waals surface area contributed by atoms with Crippen molar-refractivity contribution >= 4 is 10.1 Å². The Hall–Kier alpha value is -1.86. The van der Waals surface area contributed by atoms with Gasteiger partial charge in [0.25, 0.3) is 10.1 Å². The number of rotatable bonds is 10. The van der Waals surface area contributed by atoms with Crippen molar-refractivity contribution in [2.24, 2.45) is 0 Å². The summed E-state index contributed by atoms with van der Waals surface area (Å²) < 4.78 is 33.8. The van der Waals surface area contributed by atoms with Crippen LogP contribution in [0, 0.1) is 0 Å². The summed E-state index contributed by atoms with van der Waals surface area (Å²) in [6.07, 6.45) is 7.45. The summed E-state index contributed by atoms with van der Waals surface area (Å²) in [7, 11) is -3.37. The summed E-state index contributed by atoms with van der Waals surface area (Å²) in [5.41, 5.74) is 2.38. The Kier molecular flexibility index (Phi) is 6.81. The Morgan fingerprint density at radius 2 is 1.88 bits per heavy atom. The molecule has 2 aromatic rings. The molecule has 0 aliphatic rings. The number of hydrogen-bond acceptors (Lipinski definition) is 5. The van der Waals surface area contributed by atoms with Crippen LogP contribution in [0.4, 0.5) is 0 Å². The van der Waals surface area contributed by atoms with E-state index in [2.05, 4.69) is 22.4 Å². The molecule has 1 aromatic carbocycles. The summed E-state index contributed by atoms with van der Waals surface area (Å²) in [6.45, 7) is 3.63. The maximum absolute atomic E-state index is 10.8. The van der Waals surface area contributed by atoms with E-state index in [1.165, 1.54) is 11.1 Å². The molecule has 0 spiro atoms. The Morgan fingerprint density at radius 1 is 1.12 bits per heavy atom. The predicted octanol–water partition coefficient (Wildman–Crippen LogP) is 2.63. The lowest BCUT2D eigenvalue weighted by Crippen LogP contribution is -2.07. The van der Waals surface area contributed by atoms with Crippen molar-refractivity contribution in [3.8, 4) is 5.75 Å². The highest BCUT2D eigenvalue weighted by molar-refractivity contribution is 7.85. The average Bonchev–Trinajstić information content (AvgIpc) is 2.95. The van der Waals surface area contributed by atoms with E-state index in [0.29, 0.717) is 13.0 Å². The molecule has 24 heavy (non-hydrogen) atoms. The van der Waals surface area contributed by atoms with Crippen LogP contribution in [0.25, 0.3) is 0 Å². The van der Waals surface area contributed by atoms with Crippen LogP contribution in [0.2, 0.25) is 0 Å². The van der Waals surface area contributed by atoms with E-state index in [1.54, 1.807) is 0 Å². The highest BCUT2D eigenvalue weighted by atomic mass is 32.2. The summed E-state index contributed by atoms with van der Waals surface area (Å²) in [5.74, 6) is 0.764. The standard InChI is InChI=1S/C17H24N2O4S/c1-3-9-19-14-16(13-18-19)12-15-5-7-17(8-6-15)22-10-4-11-23-24(2,20)21/h5-8,13-14H,3-4,9-12H2,1-2H3. The van der Waals surface area contributed by atoms with Crippen LogP contribution in [0.1, 0.15) is 30.9 Å². The van der Waals surface area contributed by atoms with E-state index in [1.807, 2.05) is 35.1 Å². The first-order valence-electron chi connectivity index (χ1n) is 8.04. The van der Waals surface area contributed by atoms with Gasteiger partial charge in [0.15, 0.2) is 0 Å². The molecule has 6 nitrogen and oxygen atoms in total.